The summed E-state index contributed by atoms with van der Waals surface area (Å²) in [4.78, 5) is 33.5. The summed E-state index contributed by atoms with van der Waals surface area (Å²) in [5.41, 5.74) is 10.2. The summed E-state index contributed by atoms with van der Waals surface area (Å²) < 4.78 is 77.1. The quantitative estimate of drug-likeness (QED) is 0.0349. The Morgan fingerprint density at radius 1 is 0.797 bits per heavy atom. The Morgan fingerprint density at radius 3 is 1.93 bits per heavy atom. The fourth-order valence-electron chi connectivity index (χ4n) is 8.56. The van der Waals surface area contributed by atoms with Gasteiger partial charge in [-0.1, -0.05) is 25.2 Å². The molecule has 74 heavy (non-hydrogen) atoms. The number of pyridine rings is 1. The van der Waals surface area contributed by atoms with Crippen LogP contribution in [0.1, 0.15) is 86.9 Å². The molecule has 4 aromatic heterocycles. The Balaban J connectivity index is 0.665. The molecule has 1 amide bonds. The molecule has 6 rings (SSSR count). The number of aryl methyl sites for hydroxylation is 1. The molecule has 412 valence electrons. The van der Waals surface area contributed by atoms with Gasteiger partial charge < -0.3 is 63.1 Å². The molecule has 0 atom stereocenters. The minimum atomic E-state index is -3.45. The monoisotopic (exact) mass is 1070 g/mol. The minimum absolute atomic E-state index is 0.0748. The minimum Gasteiger partial charge on any atom is -0.382 e. The van der Waals surface area contributed by atoms with Crippen LogP contribution in [0.25, 0.3) is 21.3 Å². The van der Waals surface area contributed by atoms with Crippen molar-refractivity contribution < 1.29 is 55.8 Å². The number of sulfone groups is 1. The van der Waals surface area contributed by atoms with Crippen molar-refractivity contribution in [3.8, 4) is 11.8 Å². The maximum Gasteiger partial charge on any atom is 0.246 e. The summed E-state index contributed by atoms with van der Waals surface area (Å²) in [5.74, 6) is 8.52. The lowest BCUT2D eigenvalue weighted by atomic mass is 9.96. The van der Waals surface area contributed by atoms with E-state index in [4.69, 9.17) is 58.3 Å². The number of unbranched alkanes of at least 4 members (excludes halogenated alkanes) is 2. The summed E-state index contributed by atoms with van der Waals surface area (Å²) in [6, 6.07) is 2.27. The van der Waals surface area contributed by atoms with Crippen molar-refractivity contribution in [1.29, 1.82) is 0 Å². The highest BCUT2D eigenvalue weighted by Gasteiger charge is 2.26. The number of fused-ring (bicyclic) bond motifs is 3. The van der Waals surface area contributed by atoms with Crippen molar-refractivity contribution in [3.63, 3.8) is 0 Å². The molecule has 22 heteroatoms. The van der Waals surface area contributed by atoms with Crippen molar-refractivity contribution in [2.75, 3.05) is 157 Å². The van der Waals surface area contributed by atoms with Crippen molar-refractivity contribution in [2.45, 2.75) is 88.8 Å². The largest absolute Gasteiger partial charge is 0.382 e. The molecule has 3 N–H and O–H groups in total. The lowest BCUT2D eigenvalue weighted by Gasteiger charge is -2.32. The van der Waals surface area contributed by atoms with Crippen LogP contribution >= 0.6 is 11.3 Å². The second-order valence-corrected chi connectivity index (χ2v) is 21.4. The molecule has 0 saturated carbocycles. The molecule has 0 aliphatic carbocycles. The predicted octanol–water partition coefficient (Wildman–Crippen LogP) is 4.84. The molecule has 0 aromatic carbocycles. The summed E-state index contributed by atoms with van der Waals surface area (Å²) in [6.45, 7) is 16.2. The number of carbonyl (C=O) groups excluding carboxylic acids is 1. The number of ether oxygens (including phenoxy) is 9. The highest BCUT2D eigenvalue weighted by Crippen LogP contribution is 2.40. The molecule has 20 nitrogen and oxygen atoms in total. The van der Waals surface area contributed by atoms with E-state index in [1.807, 2.05) is 11.3 Å². The van der Waals surface area contributed by atoms with Crippen LogP contribution in [-0.4, -0.2) is 195 Å². The molecule has 0 spiro atoms. The van der Waals surface area contributed by atoms with Gasteiger partial charge in [-0.05, 0) is 69.5 Å². The van der Waals surface area contributed by atoms with E-state index in [1.165, 1.54) is 27.5 Å². The van der Waals surface area contributed by atoms with Gasteiger partial charge in [0.25, 0.3) is 0 Å². The summed E-state index contributed by atoms with van der Waals surface area (Å²) in [7, 11) is -3.45. The number of nitrogens with two attached hydrogens (primary N) is 1. The summed E-state index contributed by atoms with van der Waals surface area (Å²) >= 11 is 1.89. The standard InChI is InChI=1S/C52H80N8O12S2/c1-3-4-9-46-58-48-49(50-44(57-51(48)53)37-45(73-50)43-13-19-64-20-14-43)60(46)40-41-11-16-59(17-12-41)18-22-66-24-26-68-28-30-70-32-34-72-36-35-71-33-31-69-29-27-67-25-23-65-21-15-54-47(61)10-7-5-6-8-42-38-55-52(56-39-42)74(2,62)63/h37-39,41,43H,3-5,7,9-36,40H2,1-2H3,(H2,53,57)(H,54,61). The van der Waals surface area contributed by atoms with Gasteiger partial charge in [-0.15, -0.1) is 11.3 Å². The average molecular weight is 1070 g/mol. The molecular weight excluding hydrogens is 993 g/mol. The van der Waals surface area contributed by atoms with Crippen LogP contribution in [0.5, 0.6) is 0 Å². The van der Waals surface area contributed by atoms with E-state index in [9.17, 15) is 13.2 Å². The SMILES string of the molecule is CCCCc1nc2c(N)nc3cc(C4CCOCC4)sc3c2n1CC1CCN(CCOCCOCCOCCOCCOCCOCCOCCOCCNC(=O)CCCC#Cc2cnc(S(C)(=O)=O)nc2)CC1. The second-order valence-electron chi connectivity index (χ2n) is 18.4. The zero-order valence-electron chi connectivity index (χ0n) is 43.7. The number of carbonyl (C=O) groups is 1. The first-order valence-corrected chi connectivity index (χ1v) is 29.2. The first-order chi connectivity index (χ1) is 36.2. The Morgan fingerprint density at radius 2 is 1.36 bits per heavy atom. The number of piperidine rings is 1. The van der Waals surface area contributed by atoms with Crippen LogP contribution in [0.4, 0.5) is 5.82 Å². The van der Waals surface area contributed by atoms with E-state index in [0.29, 0.717) is 155 Å². The number of anilines is 1. The van der Waals surface area contributed by atoms with Crippen molar-refractivity contribution >= 4 is 54.1 Å². The molecule has 0 unspecified atom stereocenters. The molecule has 0 radical (unpaired) electrons. The molecule has 4 aromatic rings. The fourth-order valence-corrected chi connectivity index (χ4v) is 10.4. The maximum absolute atomic E-state index is 12.0. The molecule has 2 saturated heterocycles. The van der Waals surface area contributed by atoms with Crippen molar-refractivity contribution in [2.24, 2.45) is 5.92 Å². The maximum atomic E-state index is 12.0. The summed E-state index contributed by atoms with van der Waals surface area (Å²) in [6.07, 6.45) is 12.8. The second kappa shape index (κ2) is 33.9. The third-order valence-electron chi connectivity index (χ3n) is 12.6. The first kappa shape index (κ1) is 59.3. The van der Waals surface area contributed by atoms with E-state index >= 15 is 0 Å². The number of nitrogens with zero attached hydrogens (tertiary/aromatic N) is 6. The molecule has 2 aliphatic rings. The number of thiophene rings is 1. The Labute approximate surface area is 441 Å². The van der Waals surface area contributed by atoms with Gasteiger partial charge in [-0.2, -0.15) is 0 Å². The van der Waals surface area contributed by atoms with Crippen molar-refractivity contribution in [3.05, 3.63) is 34.7 Å². The molecule has 0 bridgehead atoms. The summed E-state index contributed by atoms with van der Waals surface area (Å²) in [5, 5.41) is 2.58. The molecule has 2 aliphatic heterocycles. The van der Waals surface area contributed by atoms with Crippen LogP contribution in [0.3, 0.4) is 0 Å². The zero-order chi connectivity index (χ0) is 52.1. The number of hydrogen-bond acceptors (Lipinski definition) is 19. The highest BCUT2D eigenvalue weighted by molar-refractivity contribution is 7.90. The number of nitrogen functional groups attached to an aromatic ring is 1. The average Bonchev–Trinajstić information content (AvgIpc) is 4.00. The number of rotatable bonds is 37. The van der Waals surface area contributed by atoms with Crippen LogP contribution in [0.2, 0.25) is 0 Å². The van der Waals surface area contributed by atoms with Gasteiger partial charge >= 0.3 is 0 Å². The van der Waals surface area contributed by atoms with Gasteiger partial charge in [0.1, 0.15) is 11.3 Å². The predicted molar refractivity (Wildman–Crippen MR) is 283 cm³/mol. The normalized spacial score (nSPS) is 15.1. The molecule has 2 fully saturated rings. The van der Waals surface area contributed by atoms with Crippen LogP contribution in [0.15, 0.2) is 23.6 Å². The number of likely N-dealkylation sites (tertiary alicyclic amines) is 1. The molecule has 6 heterocycles. The lowest BCUT2D eigenvalue weighted by Crippen LogP contribution is -2.37. The number of imidazole rings is 1. The van der Waals surface area contributed by atoms with E-state index in [-0.39, 0.29) is 11.1 Å². The van der Waals surface area contributed by atoms with Crippen molar-refractivity contribution in [1.82, 2.24) is 34.7 Å². The van der Waals surface area contributed by atoms with Crippen LogP contribution in [0, 0.1) is 17.8 Å². The zero-order valence-corrected chi connectivity index (χ0v) is 45.3. The van der Waals surface area contributed by atoms with Gasteiger partial charge in [0.05, 0.1) is 127 Å². The number of hydrogen-bond donors (Lipinski definition) is 2. The van der Waals surface area contributed by atoms with E-state index < -0.39 is 9.84 Å². The van der Waals surface area contributed by atoms with E-state index in [1.54, 1.807) is 0 Å². The van der Waals surface area contributed by atoms with Crippen LogP contribution < -0.4 is 11.1 Å². The lowest BCUT2D eigenvalue weighted by molar-refractivity contribution is -0.121. The fraction of sp³-hybridized carbons (Fsp3) is 0.712. The Kier molecular flexibility index (Phi) is 27.2. The van der Waals surface area contributed by atoms with Gasteiger partial charge in [-0.25, -0.2) is 28.4 Å². The smallest absolute Gasteiger partial charge is 0.246 e. The third-order valence-corrected chi connectivity index (χ3v) is 14.8. The van der Waals surface area contributed by atoms with Gasteiger partial charge in [-0.3, -0.25) is 4.79 Å². The highest BCUT2D eigenvalue weighted by atomic mass is 32.2. The first-order valence-electron chi connectivity index (χ1n) is 26.5. The van der Waals surface area contributed by atoms with E-state index in [0.717, 1.165) is 107 Å². The molecular formula is C52H80N8O12S2. The Hall–Kier alpha value is -3.96. The number of nitrogens with one attached hydrogen (secondary N) is 1. The number of amides is 1. The van der Waals surface area contributed by atoms with Gasteiger partial charge in [0.15, 0.2) is 5.82 Å². The van der Waals surface area contributed by atoms with E-state index in [2.05, 4.69) is 49.6 Å². The topological polar surface area (TPSA) is 232 Å². The van der Waals surface area contributed by atoms with Gasteiger partial charge in [0, 0.05) is 75.6 Å². The third kappa shape index (κ3) is 21.2. The van der Waals surface area contributed by atoms with Crippen LogP contribution in [-0.2, 0) is 70.2 Å². The van der Waals surface area contributed by atoms with Gasteiger partial charge in [0.2, 0.25) is 20.9 Å². The Bertz CT molecular complexity index is 2400. The number of aromatic nitrogens is 5.